The summed E-state index contributed by atoms with van der Waals surface area (Å²) in [4.78, 5) is 26.7. The first-order valence-electron chi connectivity index (χ1n) is 10.1. The Hall–Kier alpha value is -2.54. The third kappa shape index (κ3) is 5.50. The minimum atomic E-state index is -0.374. The molecule has 0 radical (unpaired) electrons. The maximum Gasteiger partial charge on any atom is 0.324 e. The lowest BCUT2D eigenvalue weighted by molar-refractivity contribution is -0.133. The molecule has 2 aromatic rings. The molecule has 0 bridgehead atoms. The van der Waals surface area contributed by atoms with Crippen molar-refractivity contribution in [3.63, 3.8) is 0 Å². The topological polar surface area (TPSA) is 79.3 Å². The highest BCUT2D eigenvalue weighted by Gasteiger charge is 2.26. The number of anilines is 2. The van der Waals surface area contributed by atoms with Crippen molar-refractivity contribution in [2.24, 2.45) is 5.92 Å². The number of aromatic nitrogens is 2. The van der Waals surface area contributed by atoms with Crippen LogP contribution in [0.3, 0.4) is 0 Å². The van der Waals surface area contributed by atoms with Crippen LogP contribution in [-0.2, 0) is 4.79 Å². The standard InChI is InChI=1S/C21H28ClN5O2/c1-3-15(2)14-20(28)26-12-9-16(10-13-26)27-19(8-11-23-27)25-21(29)24-18-7-5-4-6-17(18)22/h4-8,11,15-16H,3,9-10,12-14H2,1-2H3,(H2,24,25,29). The number of likely N-dealkylation sites (tertiary alicyclic amines) is 1. The molecule has 3 rings (SSSR count). The van der Waals surface area contributed by atoms with Gasteiger partial charge in [-0.3, -0.25) is 10.1 Å². The van der Waals surface area contributed by atoms with Gasteiger partial charge in [-0.25, -0.2) is 9.48 Å². The third-order valence-electron chi connectivity index (χ3n) is 5.42. The maximum atomic E-state index is 12.4. The number of halogens is 1. The van der Waals surface area contributed by atoms with Gasteiger partial charge in [-0.15, -0.1) is 0 Å². The van der Waals surface area contributed by atoms with Gasteiger partial charge in [-0.1, -0.05) is 44.0 Å². The molecule has 0 saturated carbocycles. The lowest BCUT2D eigenvalue weighted by Crippen LogP contribution is -2.40. The van der Waals surface area contributed by atoms with Crippen molar-refractivity contribution in [1.29, 1.82) is 0 Å². The number of nitrogens with zero attached hydrogens (tertiary/aromatic N) is 3. The van der Waals surface area contributed by atoms with E-state index in [9.17, 15) is 9.59 Å². The number of para-hydroxylation sites is 1. The smallest absolute Gasteiger partial charge is 0.324 e. The Labute approximate surface area is 176 Å². The summed E-state index contributed by atoms with van der Waals surface area (Å²) in [5.74, 6) is 1.27. The molecule has 1 atom stereocenters. The van der Waals surface area contributed by atoms with Gasteiger partial charge < -0.3 is 10.2 Å². The quantitative estimate of drug-likeness (QED) is 0.709. The van der Waals surface area contributed by atoms with E-state index in [-0.39, 0.29) is 18.0 Å². The summed E-state index contributed by atoms with van der Waals surface area (Å²) in [5.41, 5.74) is 0.547. The normalized spacial score (nSPS) is 15.8. The third-order valence-corrected chi connectivity index (χ3v) is 5.75. The molecule has 1 aliphatic rings. The molecule has 1 saturated heterocycles. The predicted octanol–water partition coefficient (Wildman–Crippen LogP) is 4.78. The van der Waals surface area contributed by atoms with Crippen molar-refractivity contribution in [2.45, 2.75) is 45.6 Å². The van der Waals surface area contributed by atoms with Gasteiger partial charge in [0.1, 0.15) is 5.82 Å². The van der Waals surface area contributed by atoms with Crippen LogP contribution in [0.15, 0.2) is 36.5 Å². The molecule has 0 spiro atoms. The zero-order valence-corrected chi connectivity index (χ0v) is 17.7. The fourth-order valence-corrected chi connectivity index (χ4v) is 3.65. The molecule has 7 nitrogen and oxygen atoms in total. The van der Waals surface area contributed by atoms with Gasteiger partial charge in [0.05, 0.1) is 22.9 Å². The molecular weight excluding hydrogens is 390 g/mol. The van der Waals surface area contributed by atoms with Crippen LogP contribution in [0.25, 0.3) is 0 Å². The van der Waals surface area contributed by atoms with E-state index < -0.39 is 0 Å². The number of hydrogen-bond donors (Lipinski definition) is 2. The molecule has 1 aliphatic heterocycles. The van der Waals surface area contributed by atoms with Crippen LogP contribution in [-0.4, -0.2) is 39.7 Å². The van der Waals surface area contributed by atoms with Crippen LogP contribution in [0.4, 0.5) is 16.3 Å². The van der Waals surface area contributed by atoms with Gasteiger partial charge >= 0.3 is 6.03 Å². The lowest BCUT2D eigenvalue weighted by Gasteiger charge is -2.33. The maximum absolute atomic E-state index is 12.4. The van der Waals surface area contributed by atoms with Gasteiger partial charge in [0.15, 0.2) is 0 Å². The van der Waals surface area contributed by atoms with E-state index in [1.165, 1.54) is 0 Å². The van der Waals surface area contributed by atoms with E-state index in [4.69, 9.17) is 11.6 Å². The van der Waals surface area contributed by atoms with E-state index in [1.807, 2.05) is 15.6 Å². The Morgan fingerprint density at radius 2 is 1.93 bits per heavy atom. The summed E-state index contributed by atoms with van der Waals surface area (Å²) >= 11 is 6.09. The molecule has 1 fully saturated rings. The first kappa shape index (κ1) is 21.2. The molecule has 0 aliphatic carbocycles. The Morgan fingerprint density at radius 1 is 1.21 bits per heavy atom. The van der Waals surface area contributed by atoms with E-state index in [2.05, 4.69) is 29.6 Å². The SMILES string of the molecule is CCC(C)CC(=O)N1CCC(n2nccc2NC(=O)Nc2ccccc2Cl)CC1. The highest BCUT2D eigenvalue weighted by molar-refractivity contribution is 6.33. The van der Waals surface area contributed by atoms with Crippen molar-refractivity contribution >= 4 is 35.0 Å². The molecule has 29 heavy (non-hydrogen) atoms. The number of nitrogens with one attached hydrogen (secondary N) is 2. The van der Waals surface area contributed by atoms with E-state index in [0.717, 1.165) is 19.3 Å². The van der Waals surface area contributed by atoms with E-state index in [0.29, 0.717) is 42.0 Å². The van der Waals surface area contributed by atoms with Gasteiger partial charge in [-0.2, -0.15) is 5.10 Å². The average molecular weight is 418 g/mol. The van der Waals surface area contributed by atoms with Gasteiger partial charge in [0.25, 0.3) is 0 Å². The lowest BCUT2D eigenvalue weighted by atomic mass is 10.0. The van der Waals surface area contributed by atoms with Crippen LogP contribution < -0.4 is 10.6 Å². The summed E-state index contributed by atoms with van der Waals surface area (Å²) in [6, 6.07) is 8.62. The molecule has 8 heteroatoms. The molecule has 1 aromatic carbocycles. The molecule has 1 aromatic heterocycles. The van der Waals surface area contributed by atoms with Crippen molar-refractivity contribution in [2.75, 3.05) is 23.7 Å². The highest BCUT2D eigenvalue weighted by Crippen LogP contribution is 2.27. The summed E-state index contributed by atoms with van der Waals surface area (Å²) in [7, 11) is 0. The van der Waals surface area contributed by atoms with Crippen molar-refractivity contribution in [3.8, 4) is 0 Å². The van der Waals surface area contributed by atoms with E-state index >= 15 is 0 Å². The Bertz CT molecular complexity index is 845. The summed E-state index contributed by atoms with van der Waals surface area (Å²) in [5, 5.41) is 10.5. The number of carbonyl (C=O) groups excluding carboxylic acids is 2. The predicted molar refractivity (Wildman–Crippen MR) is 115 cm³/mol. The van der Waals surface area contributed by atoms with Gasteiger partial charge in [0.2, 0.25) is 5.91 Å². The zero-order chi connectivity index (χ0) is 20.8. The van der Waals surface area contributed by atoms with Gasteiger partial charge in [-0.05, 0) is 30.9 Å². The Balaban J connectivity index is 1.56. The zero-order valence-electron chi connectivity index (χ0n) is 16.9. The molecular formula is C21H28ClN5O2. The summed E-state index contributed by atoms with van der Waals surface area (Å²) in [6.07, 6.45) is 4.92. The molecule has 2 N–H and O–H groups in total. The van der Waals surface area contributed by atoms with Crippen LogP contribution in [0, 0.1) is 5.92 Å². The second-order valence-corrected chi connectivity index (χ2v) is 7.96. The monoisotopic (exact) mass is 417 g/mol. The minimum absolute atomic E-state index is 0.147. The first-order valence-corrected chi connectivity index (χ1v) is 10.5. The number of amides is 3. The number of urea groups is 1. The van der Waals surface area contributed by atoms with Crippen LogP contribution in [0.5, 0.6) is 0 Å². The van der Waals surface area contributed by atoms with Crippen molar-refractivity contribution in [1.82, 2.24) is 14.7 Å². The van der Waals surface area contributed by atoms with Gasteiger partial charge in [0, 0.05) is 25.6 Å². The van der Waals surface area contributed by atoms with Crippen LogP contribution in [0.2, 0.25) is 5.02 Å². The molecule has 3 amide bonds. The van der Waals surface area contributed by atoms with Crippen LogP contribution in [0.1, 0.15) is 45.6 Å². The first-order chi connectivity index (χ1) is 14.0. The summed E-state index contributed by atoms with van der Waals surface area (Å²) < 4.78 is 1.84. The number of carbonyl (C=O) groups is 2. The second kappa shape index (κ2) is 9.78. The molecule has 156 valence electrons. The van der Waals surface area contributed by atoms with Crippen molar-refractivity contribution in [3.05, 3.63) is 41.6 Å². The number of piperidine rings is 1. The summed E-state index contributed by atoms with van der Waals surface area (Å²) in [6.45, 7) is 5.65. The largest absolute Gasteiger partial charge is 0.343 e. The second-order valence-electron chi connectivity index (χ2n) is 7.55. The minimum Gasteiger partial charge on any atom is -0.343 e. The number of rotatable bonds is 6. The highest BCUT2D eigenvalue weighted by atomic mass is 35.5. The number of hydrogen-bond acceptors (Lipinski definition) is 3. The Kier molecular flexibility index (Phi) is 7.14. The Morgan fingerprint density at radius 3 is 2.62 bits per heavy atom. The average Bonchev–Trinajstić information content (AvgIpc) is 3.17. The fourth-order valence-electron chi connectivity index (χ4n) is 3.47. The number of benzene rings is 1. The van der Waals surface area contributed by atoms with Crippen LogP contribution >= 0.6 is 11.6 Å². The van der Waals surface area contributed by atoms with E-state index in [1.54, 1.807) is 30.5 Å². The molecule has 1 unspecified atom stereocenters. The van der Waals surface area contributed by atoms with Crippen molar-refractivity contribution < 1.29 is 9.59 Å². The molecule has 2 heterocycles. The fraction of sp³-hybridized carbons (Fsp3) is 0.476.